The molecule has 0 saturated carbocycles. The van der Waals surface area contributed by atoms with Crippen LogP contribution >= 0.6 is 0 Å². The van der Waals surface area contributed by atoms with Gasteiger partial charge in [0, 0.05) is 44.9 Å². The molecular weight excluding hydrogens is 258 g/mol. The summed E-state index contributed by atoms with van der Waals surface area (Å²) in [4.78, 5) is 17.9. The first-order valence-electron chi connectivity index (χ1n) is 6.85. The fourth-order valence-corrected chi connectivity index (χ4v) is 2.04. The van der Waals surface area contributed by atoms with E-state index >= 15 is 0 Å². The van der Waals surface area contributed by atoms with E-state index in [1.54, 1.807) is 13.3 Å². The Hall–Kier alpha value is -1.66. The second kappa shape index (κ2) is 7.81. The zero-order chi connectivity index (χ0) is 14.2. The maximum atomic E-state index is 11.9. The molecule has 1 aliphatic rings. The SMILES string of the molecule is COc1ccc(CNCCC(=O)N2CCOCC2)cn1. The third-order valence-electron chi connectivity index (χ3n) is 3.22. The maximum Gasteiger partial charge on any atom is 0.224 e. The summed E-state index contributed by atoms with van der Waals surface area (Å²) in [6.07, 6.45) is 2.29. The number of hydrogen-bond acceptors (Lipinski definition) is 5. The second-order valence-corrected chi connectivity index (χ2v) is 4.63. The summed E-state index contributed by atoms with van der Waals surface area (Å²) in [5, 5.41) is 3.25. The van der Waals surface area contributed by atoms with Crippen molar-refractivity contribution < 1.29 is 14.3 Å². The number of nitrogens with zero attached hydrogens (tertiary/aromatic N) is 2. The van der Waals surface area contributed by atoms with Crippen LogP contribution in [0, 0.1) is 0 Å². The summed E-state index contributed by atoms with van der Waals surface area (Å²) >= 11 is 0. The summed E-state index contributed by atoms with van der Waals surface area (Å²) in [7, 11) is 1.59. The lowest BCUT2D eigenvalue weighted by Gasteiger charge is -2.26. The summed E-state index contributed by atoms with van der Waals surface area (Å²) in [6, 6.07) is 3.79. The van der Waals surface area contributed by atoms with E-state index in [2.05, 4.69) is 10.3 Å². The first kappa shape index (κ1) is 14.7. The highest BCUT2D eigenvalue weighted by molar-refractivity contribution is 5.76. The molecule has 110 valence electrons. The highest BCUT2D eigenvalue weighted by Crippen LogP contribution is 2.06. The number of methoxy groups -OCH3 is 1. The molecule has 0 radical (unpaired) electrons. The molecule has 1 aromatic heterocycles. The van der Waals surface area contributed by atoms with Gasteiger partial charge < -0.3 is 19.7 Å². The Bertz CT molecular complexity index is 416. The number of nitrogens with one attached hydrogen (secondary N) is 1. The van der Waals surface area contributed by atoms with Crippen LogP contribution in [0.5, 0.6) is 5.88 Å². The number of ether oxygens (including phenoxy) is 2. The molecule has 0 unspecified atom stereocenters. The van der Waals surface area contributed by atoms with Crippen molar-refractivity contribution in [3.05, 3.63) is 23.9 Å². The normalized spacial score (nSPS) is 15.2. The number of hydrogen-bond donors (Lipinski definition) is 1. The number of aromatic nitrogens is 1. The largest absolute Gasteiger partial charge is 0.481 e. The molecule has 1 aliphatic heterocycles. The lowest BCUT2D eigenvalue weighted by Crippen LogP contribution is -2.41. The Morgan fingerprint density at radius 1 is 1.45 bits per heavy atom. The van der Waals surface area contributed by atoms with E-state index in [-0.39, 0.29) is 5.91 Å². The Balaban J connectivity index is 1.64. The number of carbonyl (C=O) groups is 1. The van der Waals surface area contributed by atoms with Crippen LogP contribution in [-0.2, 0) is 16.1 Å². The highest BCUT2D eigenvalue weighted by atomic mass is 16.5. The summed E-state index contributed by atoms with van der Waals surface area (Å²) in [5.41, 5.74) is 1.07. The number of morpholine rings is 1. The minimum atomic E-state index is 0.189. The fourth-order valence-electron chi connectivity index (χ4n) is 2.04. The van der Waals surface area contributed by atoms with Gasteiger partial charge in [-0.25, -0.2) is 4.98 Å². The van der Waals surface area contributed by atoms with Crippen molar-refractivity contribution in [1.29, 1.82) is 0 Å². The van der Waals surface area contributed by atoms with Gasteiger partial charge in [-0.1, -0.05) is 6.07 Å². The van der Waals surface area contributed by atoms with Crippen LogP contribution in [0.25, 0.3) is 0 Å². The van der Waals surface area contributed by atoms with Crippen molar-refractivity contribution >= 4 is 5.91 Å². The summed E-state index contributed by atoms with van der Waals surface area (Å²) < 4.78 is 10.2. The lowest BCUT2D eigenvalue weighted by molar-refractivity contribution is -0.135. The Morgan fingerprint density at radius 2 is 2.25 bits per heavy atom. The number of amides is 1. The molecule has 0 aliphatic carbocycles. The van der Waals surface area contributed by atoms with Crippen molar-refractivity contribution in [2.45, 2.75) is 13.0 Å². The van der Waals surface area contributed by atoms with Crippen LogP contribution in [-0.4, -0.2) is 55.7 Å². The third kappa shape index (κ3) is 4.47. The number of rotatable bonds is 6. The van der Waals surface area contributed by atoms with Crippen molar-refractivity contribution in [3.63, 3.8) is 0 Å². The van der Waals surface area contributed by atoms with Crippen LogP contribution < -0.4 is 10.1 Å². The van der Waals surface area contributed by atoms with Crippen LogP contribution in [0.15, 0.2) is 18.3 Å². The van der Waals surface area contributed by atoms with E-state index in [1.165, 1.54) is 0 Å². The van der Waals surface area contributed by atoms with Gasteiger partial charge in [0.15, 0.2) is 0 Å². The fraction of sp³-hybridized carbons (Fsp3) is 0.571. The monoisotopic (exact) mass is 279 g/mol. The minimum Gasteiger partial charge on any atom is -0.481 e. The van der Waals surface area contributed by atoms with Gasteiger partial charge in [-0.2, -0.15) is 0 Å². The van der Waals surface area contributed by atoms with Crippen LogP contribution in [0.1, 0.15) is 12.0 Å². The van der Waals surface area contributed by atoms with Crippen LogP contribution in [0.2, 0.25) is 0 Å². The number of pyridine rings is 1. The van der Waals surface area contributed by atoms with Gasteiger partial charge in [0.2, 0.25) is 11.8 Å². The first-order valence-corrected chi connectivity index (χ1v) is 6.85. The summed E-state index contributed by atoms with van der Waals surface area (Å²) in [5.74, 6) is 0.796. The zero-order valence-corrected chi connectivity index (χ0v) is 11.8. The minimum absolute atomic E-state index is 0.189. The van der Waals surface area contributed by atoms with E-state index in [1.807, 2.05) is 17.0 Å². The third-order valence-corrected chi connectivity index (χ3v) is 3.22. The molecule has 1 N–H and O–H groups in total. The molecule has 0 atom stereocenters. The average Bonchev–Trinajstić information content (AvgIpc) is 2.53. The Morgan fingerprint density at radius 3 is 2.90 bits per heavy atom. The molecule has 1 fully saturated rings. The topological polar surface area (TPSA) is 63.7 Å². The molecule has 2 heterocycles. The van der Waals surface area contributed by atoms with E-state index in [9.17, 15) is 4.79 Å². The molecule has 1 aromatic rings. The number of carbonyl (C=O) groups excluding carboxylic acids is 1. The quantitative estimate of drug-likeness (QED) is 0.765. The second-order valence-electron chi connectivity index (χ2n) is 4.63. The molecule has 0 spiro atoms. The Labute approximate surface area is 119 Å². The first-order chi connectivity index (χ1) is 9.79. The van der Waals surface area contributed by atoms with Gasteiger partial charge in [-0.05, 0) is 5.56 Å². The van der Waals surface area contributed by atoms with Crippen molar-refractivity contribution in [3.8, 4) is 5.88 Å². The van der Waals surface area contributed by atoms with E-state index in [0.717, 1.165) is 5.56 Å². The van der Waals surface area contributed by atoms with Gasteiger partial charge in [0.05, 0.1) is 20.3 Å². The average molecular weight is 279 g/mol. The molecule has 0 bridgehead atoms. The van der Waals surface area contributed by atoms with Crippen molar-refractivity contribution in [2.75, 3.05) is 40.0 Å². The predicted octanol–water partition coefficient (Wildman–Crippen LogP) is 0.429. The van der Waals surface area contributed by atoms with Gasteiger partial charge in [0.1, 0.15) is 0 Å². The smallest absolute Gasteiger partial charge is 0.224 e. The van der Waals surface area contributed by atoms with E-state index < -0.39 is 0 Å². The standard InChI is InChI=1S/C14H21N3O3/c1-19-13-3-2-12(11-16-13)10-15-5-4-14(18)17-6-8-20-9-7-17/h2-3,11,15H,4-10H2,1H3. The van der Waals surface area contributed by atoms with Crippen molar-refractivity contribution in [1.82, 2.24) is 15.2 Å². The van der Waals surface area contributed by atoms with E-state index in [4.69, 9.17) is 9.47 Å². The lowest BCUT2D eigenvalue weighted by atomic mass is 10.2. The molecule has 20 heavy (non-hydrogen) atoms. The molecule has 1 amide bonds. The molecule has 6 heteroatoms. The highest BCUT2D eigenvalue weighted by Gasteiger charge is 2.15. The van der Waals surface area contributed by atoms with E-state index in [0.29, 0.717) is 51.7 Å². The molecule has 1 saturated heterocycles. The van der Waals surface area contributed by atoms with Gasteiger partial charge in [-0.15, -0.1) is 0 Å². The molecule has 2 rings (SSSR count). The van der Waals surface area contributed by atoms with Gasteiger partial charge in [0.25, 0.3) is 0 Å². The van der Waals surface area contributed by atoms with Crippen LogP contribution in [0.4, 0.5) is 0 Å². The Kier molecular flexibility index (Phi) is 5.76. The predicted molar refractivity (Wildman–Crippen MR) is 74.5 cm³/mol. The molecule has 0 aromatic carbocycles. The summed E-state index contributed by atoms with van der Waals surface area (Å²) in [6.45, 7) is 4.09. The van der Waals surface area contributed by atoms with Gasteiger partial charge >= 0.3 is 0 Å². The van der Waals surface area contributed by atoms with Crippen LogP contribution in [0.3, 0.4) is 0 Å². The zero-order valence-electron chi connectivity index (χ0n) is 11.8. The maximum absolute atomic E-state index is 11.9. The molecular formula is C14H21N3O3. The van der Waals surface area contributed by atoms with Crippen molar-refractivity contribution in [2.24, 2.45) is 0 Å². The van der Waals surface area contributed by atoms with Gasteiger partial charge in [-0.3, -0.25) is 4.79 Å². The molecule has 6 nitrogen and oxygen atoms in total.